The first kappa shape index (κ1) is 33.0. The van der Waals surface area contributed by atoms with Crippen molar-refractivity contribution in [3.8, 4) is 5.75 Å². The summed E-state index contributed by atoms with van der Waals surface area (Å²) in [4.78, 5) is 23.7. The Morgan fingerprint density at radius 2 is 1.51 bits per heavy atom. The molecule has 3 aromatic rings. The van der Waals surface area contributed by atoms with Crippen molar-refractivity contribution in [1.82, 2.24) is 10.2 Å². The van der Waals surface area contributed by atoms with Crippen LogP contribution in [0.25, 0.3) is 10.8 Å². The summed E-state index contributed by atoms with van der Waals surface area (Å²) in [7, 11) is 5.69. The molecule has 0 aliphatic rings. The number of hydrogen-bond acceptors (Lipinski definition) is 8. The molecule has 210 valence electrons. The predicted octanol–water partition coefficient (Wildman–Crippen LogP) is 3.19. The number of carbonyl (C=O) groups is 2. The van der Waals surface area contributed by atoms with Crippen molar-refractivity contribution in [2.24, 2.45) is 0 Å². The van der Waals surface area contributed by atoms with Gasteiger partial charge in [-0.15, -0.1) is 0 Å². The van der Waals surface area contributed by atoms with E-state index >= 15 is 0 Å². The maximum Gasteiger partial charge on any atom is 0.252 e. The summed E-state index contributed by atoms with van der Waals surface area (Å²) in [5.41, 5.74) is 0.950. The van der Waals surface area contributed by atoms with Gasteiger partial charge in [0.2, 0.25) is 5.90 Å². The zero-order valence-corrected chi connectivity index (χ0v) is 22.9. The molecule has 0 saturated carbocycles. The number of rotatable bonds is 10. The molecule has 4 N–H and O–H groups in total. The second kappa shape index (κ2) is 19.1. The lowest BCUT2D eigenvalue weighted by Gasteiger charge is -2.12. The van der Waals surface area contributed by atoms with E-state index in [-0.39, 0.29) is 18.7 Å². The van der Waals surface area contributed by atoms with E-state index in [1.54, 1.807) is 13.2 Å². The molecule has 3 aromatic carbocycles. The van der Waals surface area contributed by atoms with E-state index in [9.17, 15) is 14.7 Å². The SMILES string of the molecule is CCN(C)C.COc1ccccc1C/C=C/OC(=N)CNC(=O)C(O)C(O)C=O.c1ccc2ccccc2c1. The number of hydrogen-bond donors (Lipinski definition) is 4. The molecule has 9 nitrogen and oxygen atoms in total. The third-order valence-electron chi connectivity index (χ3n) is 5.28. The Labute approximate surface area is 230 Å². The molecule has 2 atom stereocenters. The zero-order valence-electron chi connectivity index (χ0n) is 22.9. The number of nitrogens with one attached hydrogen (secondary N) is 2. The van der Waals surface area contributed by atoms with Crippen molar-refractivity contribution < 1.29 is 29.3 Å². The van der Waals surface area contributed by atoms with E-state index in [0.29, 0.717) is 6.42 Å². The van der Waals surface area contributed by atoms with Crippen molar-refractivity contribution in [3.63, 3.8) is 0 Å². The van der Waals surface area contributed by atoms with E-state index < -0.39 is 18.1 Å². The summed E-state index contributed by atoms with van der Waals surface area (Å²) in [6.45, 7) is 2.97. The van der Waals surface area contributed by atoms with E-state index in [2.05, 4.69) is 79.8 Å². The van der Waals surface area contributed by atoms with Crippen LogP contribution in [0.15, 0.2) is 85.1 Å². The number of amides is 1. The van der Waals surface area contributed by atoms with Crippen molar-refractivity contribution in [1.29, 1.82) is 5.41 Å². The number of para-hydroxylation sites is 1. The van der Waals surface area contributed by atoms with Gasteiger partial charge in [-0.1, -0.05) is 73.7 Å². The largest absolute Gasteiger partial charge is 0.496 e. The van der Waals surface area contributed by atoms with Crippen LogP contribution in [0.5, 0.6) is 5.75 Å². The molecule has 0 fully saturated rings. The second-order valence-electron chi connectivity index (χ2n) is 8.46. The van der Waals surface area contributed by atoms with Crippen LogP contribution in [0, 0.1) is 5.41 Å². The second-order valence-corrected chi connectivity index (χ2v) is 8.46. The molecule has 2 unspecified atom stereocenters. The average molecular weight is 538 g/mol. The van der Waals surface area contributed by atoms with Gasteiger partial charge in [0.25, 0.3) is 5.91 Å². The molecule has 0 bridgehead atoms. The first-order chi connectivity index (χ1) is 18.7. The number of aliphatic hydroxyl groups is 2. The van der Waals surface area contributed by atoms with Gasteiger partial charge in [0, 0.05) is 0 Å². The fourth-order valence-electron chi connectivity index (χ4n) is 2.85. The minimum atomic E-state index is -1.88. The minimum absolute atomic E-state index is 0.0483. The molecule has 1 amide bonds. The summed E-state index contributed by atoms with van der Waals surface area (Å²) in [5, 5.41) is 30.6. The molecule has 0 aliphatic carbocycles. The Bertz CT molecular complexity index is 1120. The molecule has 0 spiro atoms. The summed E-state index contributed by atoms with van der Waals surface area (Å²) in [6.07, 6.45) is -0.116. The van der Waals surface area contributed by atoms with Gasteiger partial charge in [0.15, 0.2) is 12.4 Å². The molecule has 0 saturated heterocycles. The van der Waals surface area contributed by atoms with Gasteiger partial charge in [0.05, 0.1) is 19.9 Å². The van der Waals surface area contributed by atoms with E-state index in [0.717, 1.165) is 17.9 Å². The van der Waals surface area contributed by atoms with Crippen LogP contribution in [0.2, 0.25) is 0 Å². The van der Waals surface area contributed by atoms with E-state index in [1.807, 2.05) is 24.3 Å². The van der Waals surface area contributed by atoms with Crippen LogP contribution in [-0.2, 0) is 20.7 Å². The quantitative estimate of drug-likeness (QED) is 0.135. The van der Waals surface area contributed by atoms with Crippen LogP contribution >= 0.6 is 0 Å². The van der Waals surface area contributed by atoms with Crippen molar-refractivity contribution in [2.45, 2.75) is 25.6 Å². The fraction of sp³-hybridized carbons (Fsp3) is 0.300. The molecule has 0 radical (unpaired) electrons. The fourth-order valence-corrected chi connectivity index (χ4v) is 2.85. The highest BCUT2D eigenvalue weighted by Gasteiger charge is 2.23. The van der Waals surface area contributed by atoms with Gasteiger partial charge in [-0.05, 0) is 55.5 Å². The Morgan fingerprint density at radius 3 is 2.00 bits per heavy atom. The summed E-state index contributed by atoms with van der Waals surface area (Å²) < 4.78 is 10.2. The minimum Gasteiger partial charge on any atom is -0.496 e. The maximum absolute atomic E-state index is 11.4. The van der Waals surface area contributed by atoms with Gasteiger partial charge < -0.3 is 34.7 Å². The summed E-state index contributed by atoms with van der Waals surface area (Å²) >= 11 is 0. The molecular weight excluding hydrogens is 498 g/mol. The normalized spacial score (nSPS) is 11.9. The summed E-state index contributed by atoms with van der Waals surface area (Å²) in [5.74, 6) is -0.499. The molecule has 0 heterocycles. The Morgan fingerprint density at radius 1 is 1.00 bits per heavy atom. The van der Waals surface area contributed by atoms with Crippen LogP contribution in [-0.4, -0.2) is 79.7 Å². The monoisotopic (exact) mass is 537 g/mol. The van der Waals surface area contributed by atoms with Crippen LogP contribution in [0.4, 0.5) is 0 Å². The predicted molar refractivity (Wildman–Crippen MR) is 154 cm³/mol. The topological polar surface area (TPSA) is 132 Å². The number of aldehydes is 1. The highest BCUT2D eigenvalue weighted by molar-refractivity contribution is 5.88. The molecule has 3 rings (SSSR count). The standard InChI is InChI=1S/C16H20N2O6.C10H8.C4H11N/c1-23-13-7-3-2-5-11(13)6-4-8-24-14(17)9-18-16(22)15(21)12(20)10-19;1-2-6-10-8-4-3-7-9(10)5-1;1-4-5(2)3/h2-5,7-8,10,12,15,17,20-21H,6,9H2,1H3,(H,18,22);1-8H;4H2,1-3H3/b8-4+,17-14?;;. The number of allylic oxidation sites excluding steroid dienone is 1. The average Bonchev–Trinajstić information content (AvgIpc) is 2.98. The molecule has 39 heavy (non-hydrogen) atoms. The van der Waals surface area contributed by atoms with E-state index in [1.165, 1.54) is 17.0 Å². The number of benzene rings is 3. The number of ether oxygens (including phenoxy) is 2. The smallest absolute Gasteiger partial charge is 0.252 e. The first-order valence-corrected chi connectivity index (χ1v) is 12.4. The number of nitrogens with zero attached hydrogens (tertiary/aromatic N) is 1. The summed E-state index contributed by atoms with van der Waals surface area (Å²) in [6, 6.07) is 24.2. The van der Waals surface area contributed by atoms with Crippen molar-refractivity contribution in [2.75, 3.05) is 34.3 Å². The number of aliphatic hydroxyl groups excluding tert-OH is 2. The number of fused-ring (bicyclic) bond motifs is 1. The van der Waals surface area contributed by atoms with Crippen LogP contribution in [0.1, 0.15) is 12.5 Å². The third kappa shape index (κ3) is 13.4. The van der Waals surface area contributed by atoms with E-state index in [4.69, 9.17) is 20.0 Å². The van der Waals surface area contributed by atoms with Gasteiger partial charge in [0.1, 0.15) is 11.9 Å². The van der Waals surface area contributed by atoms with Crippen LogP contribution in [0.3, 0.4) is 0 Å². The van der Waals surface area contributed by atoms with Crippen molar-refractivity contribution >= 4 is 28.9 Å². The lowest BCUT2D eigenvalue weighted by atomic mass is 10.1. The Balaban J connectivity index is 0.000000409. The highest BCUT2D eigenvalue weighted by Crippen LogP contribution is 2.17. The zero-order chi connectivity index (χ0) is 29.0. The molecular formula is C30H39N3O6. The molecule has 0 aliphatic heterocycles. The number of carbonyl (C=O) groups excluding carboxylic acids is 2. The maximum atomic E-state index is 11.4. The Kier molecular flexibility index (Phi) is 16.1. The number of methoxy groups -OCH3 is 1. The van der Waals surface area contributed by atoms with Crippen molar-refractivity contribution in [3.05, 3.63) is 90.7 Å². The van der Waals surface area contributed by atoms with Gasteiger partial charge >= 0.3 is 0 Å². The van der Waals surface area contributed by atoms with Crippen LogP contribution < -0.4 is 10.1 Å². The Hall–Kier alpha value is -4.05. The van der Waals surface area contributed by atoms with Gasteiger partial charge in [-0.25, -0.2) is 0 Å². The van der Waals surface area contributed by atoms with Gasteiger partial charge in [-0.3, -0.25) is 10.2 Å². The molecule has 9 heteroatoms. The lowest BCUT2D eigenvalue weighted by Crippen LogP contribution is -2.44. The molecule has 0 aromatic heterocycles. The van der Waals surface area contributed by atoms with Gasteiger partial charge in [-0.2, -0.15) is 0 Å². The lowest BCUT2D eigenvalue weighted by molar-refractivity contribution is -0.139. The highest BCUT2D eigenvalue weighted by atomic mass is 16.5. The first-order valence-electron chi connectivity index (χ1n) is 12.4. The third-order valence-corrected chi connectivity index (χ3v) is 5.28.